The Balaban J connectivity index is 1.48. The monoisotopic (exact) mass is 361 g/mol. The van der Waals surface area contributed by atoms with E-state index in [1.165, 1.54) is 53.5 Å². The fourth-order valence-corrected chi connectivity index (χ4v) is 5.56. The van der Waals surface area contributed by atoms with Crippen molar-refractivity contribution in [3.63, 3.8) is 0 Å². The van der Waals surface area contributed by atoms with Crippen LogP contribution in [0.2, 0.25) is 0 Å². The Morgan fingerprint density at radius 3 is 3.12 bits per heavy atom. The van der Waals surface area contributed by atoms with E-state index in [1.54, 1.807) is 7.05 Å². The first-order chi connectivity index (χ1) is 12.2. The van der Waals surface area contributed by atoms with E-state index in [9.17, 15) is 4.79 Å². The number of rotatable bonds is 4. The number of carbonyl (C=O) groups excluding carboxylic acids is 1. The molecule has 25 heavy (non-hydrogen) atoms. The maximum absolute atomic E-state index is 12.0. The van der Waals surface area contributed by atoms with E-state index >= 15 is 0 Å². The van der Waals surface area contributed by atoms with Crippen molar-refractivity contribution in [2.45, 2.75) is 36.1 Å². The number of anilines is 1. The first-order valence-electron chi connectivity index (χ1n) is 9.24. The second-order valence-electron chi connectivity index (χ2n) is 7.18. The maximum Gasteiger partial charge on any atom is 0.247 e. The third kappa shape index (κ3) is 3.15. The van der Waals surface area contributed by atoms with Gasteiger partial charge >= 0.3 is 0 Å². The van der Waals surface area contributed by atoms with Crippen LogP contribution in [0.1, 0.15) is 30.7 Å². The molecule has 1 amide bonds. The predicted molar refractivity (Wildman–Crippen MR) is 101 cm³/mol. The van der Waals surface area contributed by atoms with Gasteiger partial charge in [0.05, 0.1) is 12.8 Å². The van der Waals surface area contributed by atoms with Crippen molar-refractivity contribution in [2.75, 3.05) is 51.0 Å². The summed E-state index contributed by atoms with van der Waals surface area (Å²) in [4.78, 5) is 23.6. The van der Waals surface area contributed by atoms with Gasteiger partial charge in [0.25, 0.3) is 0 Å². The van der Waals surface area contributed by atoms with Crippen LogP contribution in [0.15, 0.2) is 23.1 Å². The SMILES string of the molecule is CON(C)C(=O)CCN1CC[C@H]2[C@@H](C1)c1cccc3c1N2CCCS3. The molecule has 3 aliphatic rings. The number of nitrogens with zero attached hydrogens (tertiary/aromatic N) is 3. The zero-order valence-electron chi connectivity index (χ0n) is 15.1. The Morgan fingerprint density at radius 2 is 2.28 bits per heavy atom. The molecule has 1 aromatic rings. The number of benzene rings is 1. The van der Waals surface area contributed by atoms with Crippen LogP contribution in [0, 0.1) is 0 Å². The second kappa shape index (κ2) is 7.17. The highest BCUT2D eigenvalue weighted by atomic mass is 32.2. The highest BCUT2D eigenvalue weighted by Crippen LogP contribution is 2.50. The standard InChI is InChI=1S/C19H27N3O2S/c1-20(24-2)18(23)8-11-21-10-7-16-15(13-21)14-5-3-6-17-19(14)22(16)9-4-12-25-17/h3,5-6,15-16H,4,7-13H2,1-2H3/t15-,16-/m0/s1. The van der Waals surface area contributed by atoms with Crippen LogP contribution in [0.3, 0.4) is 0 Å². The third-order valence-corrected chi connectivity index (χ3v) is 6.98. The molecular weight excluding hydrogens is 334 g/mol. The number of likely N-dealkylation sites (tertiary alicyclic amines) is 1. The fraction of sp³-hybridized carbons (Fsp3) is 0.632. The van der Waals surface area contributed by atoms with E-state index in [0.29, 0.717) is 18.4 Å². The molecule has 2 atom stereocenters. The van der Waals surface area contributed by atoms with Crippen LogP contribution in [-0.4, -0.2) is 68.0 Å². The summed E-state index contributed by atoms with van der Waals surface area (Å²) in [6.45, 7) is 4.15. The predicted octanol–water partition coefficient (Wildman–Crippen LogP) is 2.57. The first-order valence-corrected chi connectivity index (χ1v) is 10.2. The first kappa shape index (κ1) is 17.2. The number of fused-ring (bicyclic) bond motifs is 3. The molecule has 0 unspecified atom stereocenters. The quantitative estimate of drug-likeness (QED) is 0.771. The summed E-state index contributed by atoms with van der Waals surface area (Å²) < 4.78 is 0. The molecule has 136 valence electrons. The molecule has 0 bridgehead atoms. The summed E-state index contributed by atoms with van der Waals surface area (Å²) in [5.74, 6) is 1.86. The lowest BCUT2D eigenvalue weighted by molar-refractivity contribution is -0.169. The molecule has 3 heterocycles. The Kier molecular flexibility index (Phi) is 4.93. The molecule has 6 heteroatoms. The van der Waals surface area contributed by atoms with Crippen LogP contribution in [0.4, 0.5) is 5.69 Å². The number of para-hydroxylation sites is 1. The topological polar surface area (TPSA) is 36.0 Å². The summed E-state index contributed by atoms with van der Waals surface area (Å²) in [5.41, 5.74) is 3.04. The van der Waals surface area contributed by atoms with Gasteiger partial charge in [-0.3, -0.25) is 9.63 Å². The lowest BCUT2D eigenvalue weighted by atomic mass is 9.89. The zero-order chi connectivity index (χ0) is 17.4. The van der Waals surface area contributed by atoms with Gasteiger partial charge in [0.2, 0.25) is 5.91 Å². The lowest BCUT2D eigenvalue weighted by Crippen LogP contribution is -2.47. The van der Waals surface area contributed by atoms with Crippen LogP contribution in [0.25, 0.3) is 0 Å². The molecule has 4 rings (SSSR count). The van der Waals surface area contributed by atoms with Crippen molar-refractivity contribution in [3.05, 3.63) is 23.8 Å². The zero-order valence-corrected chi connectivity index (χ0v) is 15.9. The summed E-state index contributed by atoms with van der Waals surface area (Å²) in [5, 5.41) is 1.33. The minimum atomic E-state index is 0.0474. The lowest BCUT2D eigenvalue weighted by Gasteiger charge is -2.39. The minimum Gasteiger partial charge on any atom is -0.367 e. The van der Waals surface area contributed by atoms with Gasteiger partial charge in [-0.05, 0) is 30.2 Å². The van der Waals surface area contributed by atoms with Crippen LogP contribution < -0.4 is 4.90 Å². The molecule has 0 N–H and O–H groups in total. The normalized spacial score (nSPS) is 25.3. The Morgan fingerprint density at radius 1 is 1.40 bits per heavy atom. The highest BCUT2D eigenvalue weighted by Gasteiger charge is 2.43. The molecule has 3 aliphatic heterocycles. The number of thioether (sulfide) groups is 1. The average molecular weight is 362 g/mol. The van der Waals surface area contributed by atoms with Crippen LogP contribution in [-0.2, 0) is 9.63 Å². The van der Waals surface area contributed by atoms with Crippen molar-refractivity contribution in [2.24, 2.45) is 0 Å². The highest BCUT2D eigenvalue weighted by molar-refractivity contribution is 7.99. The van der Waals surface area contributed by atoms with Gasteiger partial charge in [-0.1, -0.05) is 12.1 Å². The Hall–Kier alpha value is -1.24. The van der Waals surface area contributed by atoms with Gasteiger partial charge in [0, 0.05) is 56.5 Å². The third-order valence-electron chi connectivity index (χ3n) is 5.85. The molecule has 0 aromatic heterocycles. The molecule has 1 aromatic carbocycles. The Bertz CT molecular complexity index is 654. The number of piperidine rings is 1. The van der Waals surface area contributed by atoms with Crippen molar-refractivity contribution >= 4 is 23.4 Å². The van der Waals surface area contributed by atoms with Gasteiger partial charge in [-0.15, -0.1) is 11.8 Å². The van der Waals surface area contributed by atoms with Gasteiger partial charge in [-0.2, -0.15) is 0 Å². The van der Waals surface area contributed by atoms with E-state index in [1.807, 2.05) is 11.8 Å². The summed E-state index contributed by atoms with van der Waals surface area (Å²) in [6.07, 6.45) is 2.98. The van der Waals surface area contributed by atoms with E-state index in [-0.39, 0.29) is 5.91 Å². The smallest absolute Gasteiger partial charge is 0.247 e. The molecule has 1 saturated heterocycles. The molecule has 0 aliphatic carbocycles. The molecule has 0 saturated carbocycles. The number of hydroxylamine groups is 2. The fourth-order valence-electron chi connectivity index (χ4n) is 4.52. The molecular formula is C19H27N3O2S. The van der Waals surface area contributed by atoms with Crippen LogP contribution >= 0.6 is 11.8 Å². The van der Waals surface area contributed by atoms with Gasteiger partial charge < -0.3 is 9.80 Å². The minimum absolute atomic E-state index is 0.0474. The number of hydrogen-bond acceptors (Lipinski definition) is 5. The average Bonchev–Trinajstić information content (AvgIpc) is 2.80. The molecule has 5 nitrogen and oxygen atoms in total. The second-order valence-corrected chi connectivity index (χ2v) is 8.31. The Labute approximate surface area is 154 Å². The van der Waals surface area contributed by atoms with E-state index < -0.39 is 0 Å². The largest absolute Gasteiger partial charge is 0.367 e. The maximum atomic E-state index is 12.0. The van der Waals surface area contributed by atoms with Gasteiger partial charge in [0.15, 0.2) is 0 Å². The van der Waals surface area contributed by atoms with Crippen molar-refractivity contribution in [1.29, 1.82) is 0 Å². The van der Waals surface area contributed by atoms with E-state index in [0.717, 1.165) is 19.6 Å². The molecule has 1 fully saturated rings. The summed E-state index contributed by atoms with van der Waals surface area (Å²) in [7, 11) is 3.21. The van der Waals surface area contributed by atoms with E-state index in [2.05, 4.69) is 28.0 Å². The van der Waals surface area contributed by atoms with Crippen molar-refractivity contribution in [3.8, 4) is 0 Å². The molecule has 0 radical (unpaired) electrons. The van der Waals surface area contributed by atoms with Crippen molar-refractivity contribution in [1.82, 2.24) is 9.96 Å². The number of amides is 1. The summed E-state index contributed by atoms with van der Waals surface area (Å²) >= 11 is 2.01. The van der Waals surface area contributed by atoms with Crippen molar-refractivity contribution < 1.29 is 9.63 Å². The van der Waals surface area contributed by atoms with Crippen LogP contribution in [0.5, 0.6) is 0 Å². The van der Waals surface area contributed by atoms with Gasteiger partial charge in [-0.25, -0.2) is 5.06 Å². The number of hydrogen-bond donors (Lipinski definition) is 0. The van der Waals surface area contributed by atoms with Gasteiger partial charge in [0.1, 0.15) is 0 Å². The van der Waals surface area contributed by atoms with E-state index in [4.69, 9.17) is 4.84 Å². The summed E-state index contributed by atoms with van der Waals surface area (Å²) in [6, 6.07) is 7.48. The number of carbonyl (C=O) groups is 1. The molecule has 0 spiro atoms.